The van der Waals surface area contributed by atoms with E-state index in [4.69, 9.17) is 9.84 Å². The average Bonchev–Trinajstić information content (AvgIpc) is 2.45. The molecule has 0 aliphatic rings. The number of esters is 1. The largest absolute Gasteiger partial charge is 0.480 e. The summed E-state index contributed by atoms with van der Waals surface area (Å²) >= 11 is 0. The molecule has 0 bridgehead atoms. The number of carbonyl (C=O) groups is 3. The molecule has 0 unspecified atom stereocenters. The first-order valence-electron chi connectivity index (χ1n) is 6.40. The van der Waals surface area contributed by atoms with Crippen molar-refractivity contribution in [3.05, 3.63) is 30.3 Å². The Bertz CT molecular complexity index is 503. The summed E-state index contributed by atoms with van der Waals surface area (Å²) in [7, 11) is 1.41. The highest BCUT2D eigenvalue weighted by Gasteiger charge is 2.23. The predicted molar refractivity (Wildman–Crippen MR) is 76.1 cm³/mol. The number of nitrogens with zero attached hydrogens (tertiary/aromatic N) is 2. The van der Waals surface area contributed by atoms with Gasteiger partial charge in [0, 0.05) is 12.7 Å². The van der Waals surface area contributed by atoms with Gasteiger partial charge in [-0.2, -0.15) is 0 Å². The number of carboxylic acid groups (broad SMARTS) is 1. The molecule has 0 aliphatic carbocycles. The zero-order chi connectivity index (χ0) is 15.8. The molecule has 7 heteroatoms. The molecule has 1 N–H and O–H groups in total. The quantitative estimate of drug-likeness (QED) is 0.796. The number of urea groups is 1. The molecular formula is C14H18N2O5. The van der Waals surface area contributed by atoms with Crippen molar-refractivity contribution >= 4 is 23.7 Å². The molecule has 2 amide bonds. The highest BCUT2D eigenvalue weighted by molar-refractivity contribution is 5.97. The van der Waals surface area contributed by atoms with Crippen LogP contribution in [0.1, 0.15) is 6.92 Å². The number of benzene rings is 1. The van der Waals surface area contributed by atoms with Crippen molar-refractivity contribution in [3.63, 3.8) is 0 Å². The van der Waals surface area contributed by atoms with E-state index in [2.05, 4.69) is 0 Å². The van der Waals surface area contributed by atoms with Gasteiger partial charge >= 0.3 is 18.0 Å². The van der Waals surface area contributed by atoms with Crippen molar-refractivity contribution < 1.29 is 24.2 Å². The number of rotatable bonds is 6. The molecule has 1 rings (SSSR count). The number of carboxylic acids is 1. The van der Waals surface area contributed by atoms with Crippen LogP contribution in [0.5, 0.6) is 0 Å². The Kier molecular flexibility index (Phi) is 6.19. The van der Waals surface area contributed by atoms with Gasteiger partial charge < -0.3 is 14.7 Å². The summed E-state index contributed by atoms with van der Waals surface area (Å²) < 4.78 is 4.76. The molecule has 0 aromatic heterocycles. The number of ether oxygens (including phenoxy) is 1. The molecule has 7 nitrogen and oxygen atoms in total. The van der Waals surface area contributed by atoms with Crippen molar-refractivity contribution in [1.82, 2.24) is 4.90 Å². The van der Waals surface area contributed by atoms with Crippen LogP contribution in [0.15, 0.2) is 30.3 Å². The van der Waals surface area contributed by atoms with Crippen LogP contribution in [-0.4, -0.2) is 54.7 Å². The molecule has 114 valence electrons. The van der Waals surface area contributed by atoms with Crippen molar-refractivity contribution in [3.8, 4) is 0 Å². The van der Waals surface area contributed by atoms with E-state index in [9.17, 15) is 14.4 Å². The van der Waals surface area contributed by atoms with E-state index in [0.29, 0.717) is 5.69 Å². The van der Waals surface area contributed by atoms with Crippen molar-refractivity contribution in [2.24, 2.45) is 0 Å². The molecule has 21 heavy (non-hydrogen) atoms. The standard InChI is InChI=1S/C14H18N2O5/c1-3-21-13(19)10-15(2)14(20)16(9-12(17)18)11-7-5-4-6-8-11/h4-8H,3,9-10H2,1-2H3,(H,17,18). The predicted octanol–water partition coefficient (Wildman–Crippen LogP) is 1.19. The number of aliphatic carboxylic acids is 1. The lowest BCUT2D eigenvalue weighted by molar-refractivity contribution is -0.143. The van der Waals surface area contributed by atoms with Gasteiger partial charge in [-0.25, -0.2) is 4.79 Å². The fourth-order valence-electron chi connectivity index (χ4n) is 1.69. The Hall–Kier alpha value is -2.57. The maximum Gasteiger partial charge on any atom is 0.325 e. The Balaban J connectivity index is 2.85. The van der Waals surface area contributed by atoms with Crippen LogP contribution in [0.2, 0.25) is 0 Å². The number of anilines is 1. The van der Waals surface area contributed by atoms with Gasteiger partial charge in [-0.1, -0.05) is 18.2 Å². The van der Waals surface area contributed by atoms with Crippen LogP contribution in [0, 0.1) is 0 Å². The van der Waals surface area contributed by atoms with E-state index < -0.39 is 24.5 Å². The number of carbonyl (C=O) groups excluding carboxylic acids is 2. The van der Waals surface area contributed by atoms with Crippen LogP contribution in [0.25, 0.3) is 0 Å². The number of hydrogen-bond acceptors (Lipinski definition) is 4. The van der Waals surface area contributed by atoms with Gasteiger partial charge in [0.25, 0.3) is 0 Å². The summed E-state index contributed by atoms with van der Waals surface area (Å²) in [5.41, 5.74) is 0.445. The van der Waals surface area contributed by atoms with Crippen LogP contribution in [0.4, 0.5) is 10.5 Å². The lowest BCUT2D eigenvalue weighted by Gasteiger charge is -2.26. The zero-order valence-corrected chi connectivity index (χ0v) is 12.0. The van der Waals surface area contributed by atoms with Gasteiger partial charge in [0.2, 0.25) is 0 Å². The summed E-state index contributed by atoms with van der Waals surface area (Å²) in [6.45, 7) is 1.16. The zero-order valence-electron chi connectivity index (χ0n) is 12.0. The first-order valence-corrected chi connectivity index (χ1v) is 6.40. The highest BCUT2D eigenvalue weighted by atomic mass is 16.5. The molecular weight excluding hydrogens is 276 g/mol. The van der Waals surface area contributed by atoms with Crippen LogP contribution in [0.3, 0.4) is 0 Å². The normalized spacial score (nSPS) is 9.81. The fraction of sp³-hybridized carbons (Fsp3) is 0.357. The fourth-order valence-corrected chi connectivity index (χ4v) is 1.69. The third-order valence-corrected chi connectivity index (χ3v) is 2.59. The lowest BCUT2D eigenvalue weighted by atomic mass is 10.3. The molecule has 0 saturated carbocycles. The summed E-state index contributed by atoms with van der Waals surface area (Å²) in [4.78, 5) is 36.8. The minimum Gasteiger partial charge on any atom is -0.480 e. The van der Waals surface area contributed by atoms with E-state index in [1.165, 1.54) is 7.05 Å². The van der Waals surface area contributed by atoms with Gasteiger partial charge in [-0.3, -0.25) is 14.5 Å². The summed E-state index contributed by atoms with van der Waals surface area (Å²) in [5.74, 6) is -1.69. The highest BCUT2D eigenvalue weighted by Crippen LogP contribution is 2.14. The first-order chi connectivity index (χ1) is 9.95. The van der Waals surface area contributed by atoms with Gasteiger partial charge in [0.1, 0.15) is 13.1 Å². The van der Waals surface area contributed by atoms with Crippen LogP contribution < -0.4 is 4.90 Å². The van der Waals surface area contributed by atoms with Crippen molar-refractivity contribution in [1.29, 1.82) is 0 Å². The van der Waals surface area contributed by atoms with Crippen LogP contribution >= 0.6 is 0 Å². The second-order valence-electron chi connectivity index (χ2n) is 4.26. The van der Waals surface area contributed by atoms with E-state index in [0.717, 1.165) is 9.80 Å². The summed E-state index contributed by atoms with van der Waals surface area (Å²) in [5, 5.41) is 8.94. The summed E-state index contributed by atoms with van der Waals surface area (Å²) in [6, 6.07) is 7.82. The van der Waals surface area contributed by atoms with E-state index in [-0.39, 0.29) is 13.2 Å². The molecule has 0 fully saturated rings. The number of likely N-dealkylation sites (N-methyl/N-ethyl adjacent to an activating group) is 1. The maximum absolute atomic E-state index is 12.3. The third-order valence-electron chi connectivity index (χ3n) is 2.59. The number of hydrogen-bond donors (Lipinski definition) is 1. The lowest BCUT2D eigenvalue weighted by Crippen LogP contribution is -2.45. The van der Waals surface area contributed by atoms with E-state index >= 15 is 0 Å². The number of para-hydroxylation sites is 1. The molecule has 0 aliphatic heterocycles. The first kappa shape index (κ1) is 16.5. The second kappa shape index (κ2) is 7.88. The van der Waals surface area contributed by atoms with Gasteiger partial charge in [0.15, 0.2) is 0 Å². The van der Waals surface area contributed by atoms with Crippen molar-refractivity contribution in [2.75, 3.05) is 31.6 Å². The van der Waals surface area contributed by atoms with Gasteiger partial charge in [-0.05, 0) is 19.1 Å². The Morgan fingerprint density at radius 3 is 2.29 bits per heavy atom. The van der Waals surface area contributed by atoms with E-state index in [1.54, 1.807) is 37.3 Å². The molecule has 0 radical (unpaired) electrons. The second-order valence-corrected chi connectivity index (χ2v) is 4.26. The number of amides is 2. The Morgan fingerprint density at radius 1 is 1.14 bits per heavy atom. The van der Waals surface area contributed by atoms with Gasteiger partial charge in [-0.15, -0.1) is 0 Å². The Morgan fingerprint density at radius 2 is 1.76 bits per heavy atom. The molecule has 0 spiro atoms. The average molecular weight is 294 g/mol. The van der Waals surface area contributed by atoms with Crippen molar-refractivity contribution in [2.45, 2.75) is 6.92 Å². The topological polar surface area (TPSA) is 87.2 Å². The maximum atomic E-state index is 12.3. The minimum atomic E-state index is -1.14. The molecule has 0 atom stereocenters. The minimum absolute atomic E-state index is 0.221. The van der Waals surface area contributed by atoms with E-state index in [1.807, 2.05) is 0 Å². The smallest absolute Gasteiger partial charge is 0.325 e. The molecule has 1 aromatic carbocycles. The SMILES string of the molecule is CCOC(=O)CN(C)C(=O)N(CC(=O)O)c1ccccc1. The molecule has 0 saturated heterocycles. The molecule has 1 aromatic rings. The monoisotopic (exact) mass is 294 g/mol. The summed E-state index contributed by atoms with van der Waals surface area (Å²) in [6.07, 6.45) is 0. The van der Waals surface area contributed by atoms with Gasteiger partial charge in [0.05, 0.1) is 6.61 Å². The third kappa shape index (κ3) is 5.13. The van der Waals surface area contributed by atoms with Crippen LogP contribution in [-0.2, 0) is 14.3 Å². The molecule has 0 heterocycles. The Labute approximate surface area is 122 Å².